The van der Waals surface area contributed by atoms with Gasteiger partial charge < -0.3 is 5.32 Å². The largest absolute Gasteiger partial charge is 0.350 e. The molecule has 2 amide bonds. The lowest BCUT2D eigenvalue weighted by atomic mass is 10.2. The lowest BCUT2D eigenvalue weighted by Crippen LogP contribution is -2.31. The number of benzene rings is 2. The van der Waals surface area contributed by atoms with Gasteiger partial charge >= 0.3 is 0 Å². The van der Waals surface area contributed by atoms with Crippen LogP contribution >= 0.6 is 23.2 Å². The number of hydrogen-bond acceptors (Lipinski definition) is 3. The Labute approximate surface area is 147 Å². The predicted molar refractivity (Wildman–Crippen MR) is 89.9 cm³/mol. The van der Waals surface area contributed by atoms with Gasteiger partial charge in [0, 0.05) is 10.7 Å². The van der Waals surface area contributed by atoms with Crippen LogP contribution in [-0.2, 0) is 16.1 Å². The first-order valence-corrected chi connectivity index (χ1v) is 7.74. The molecule has 0 saturated heterocycles. The molecule has 0 fully saturated rings. The molecule has 0 aliphatic carbocycles. The van der Waals surface area contributed by atoms with Crippen LogP contribution in [0.15, 0.2) is 59.3 Å². The number of carbonyl (C=O) groups is 2. The third-order valence-corrected chi connectivity index (χ3v) is 4.08. The van der Waals surface area contributed by atoms with Gasteiger partial charge in [0.25, 0.3) is 11.8 Å². The molecule has 1 aliphatic heterocycles. The molecule has 2 aromatic rings. The Bertz CT molecular complexity index is 833. The van der Waals surface area contributed by atoms with Gasteiger partial charge in [0.15, 0.2) is 0 Å². The molecule has 0 aromatic heterocycles. The first-order chi connectivity index (χ1) is 11.5. The van der Waals surface area contributed by atoms with Gasteiger partial charge in [0.2, 0.25) is 0 Å². The van der Waals surface area contributed by atoms with Gasteiger partial charge in [-0.25, -0.2) is 4.39 Å². The van der Waals surface area contributed by atoms with E-state index in [9.17, 15) is 14.0 Å². The molecule has 122 valence electrons. The minimum atomic E-state index is -0.582. The molecule has 2 aromatic carbocycles. The van der Waals surface area contributed by atoms with Crippen molar-refractivity contribution < 1.29 is 14.0 Å². The molecule has 0 atom stereocenters. The van der Waals surface area contributed by atoms with Crippen molar-refractivity contribution in [2.45, 2.75) is 6.54 Å². The maximum Gasteiger partial charge on any atom is 0.279 e. The second-order valence-electron chi connectivity index (χ2n) is 5.14. The van der Waals surface area contributed by atoms with Crippen LogP contribution in [0.2, 0.25) is 5.02 Å². The number of rotatable bonds is 4. The first-order valence-electron chi connectivity index (χ1n) is 6.98. The monoisotopic (exact) mass is 364 g/mol. The van der Waals surface area contributed by atoms with Crippen molar-refractivity contribution in [1.29, 1.82) is 0 Å². The number of amides is 2. The molecule has 4 nitrogen and oxygen atoms in total. The summed E-state index contributed by atoms with van der Waals surface area (Å²) in [4.78, 5) is 25.7. The predicted octanol–water partition coefficient (Wildman–Crippen LogP) is 3.91. The Kier molecular flexibility index (Phi) is 4.55. The van der Waals surface area contributed by atoms with E-state index in [1.807, 2.05) is 0 Å². The third kappa shape index (κ3) is 3.27. The Morgan fingerprint density at radius 3 is 2.17 bits per heavy atom. The fourth-order valence-corrected chi connectivity index (χ4v) is 2.60. The molecular weight excluding hydrogens is 354 g/mol. The molecule has 1 aliphatic rings. The maximum atomic E-state index is 12.9. The SMILES string of the molecule is O=C1C(Cl)=C(Nc2ccc(F)cc2)C(=O)N1Cc1ccc(Cl)cc1. The Morgan fingerprint density at radius 1 is 0.917 bits per heavy atom. The summed E-state index contributed by atoms with van der Waals surface area (Å²) >= 11 is 11.8. The molecule has 0 spiro atoms. The number of carbonyl (C=O) groups excluding carboxylic acids is 2. The molecular formula is C17H11Cl2FN2O2. The van der Waals surface area contributed by atoms with E-state index in [1.165, 1.54) is 24.3 Å². The maximum absolute atomic E-state index is 12.9. The van der Waals surface area contributed by atoms with Crippen LogP contribution in [0.25, 0.3) is 0 Å². The standard InChI is InChI=1S/C17H11Cl2FN2O2/c18-11-3-1-10(2-4-11)9-22-16(23)14(19)15(17(22)24)21-13-7-5-12(20)6-8-13/h1-8,21H,9H2. The number of anilines is 1. The van der Waals surface area contributed by atoms with E-state index in [2.05, 4.69) is 5.32 Å². The van der Waals surface area contributed by atoms with Gasteiger partial charge in [-0.3, -0.25) is 14.5 Å². The van der Waals surface area contributed by atoms with Crippen LogP contribution in [0.3, 0.4) is 0 Å². The molecule has 1 N–H and O–H groups in total. The Balaban J connectivity index is 1.79. The van der Waals surface area contributed by atoms with E-state index in [0.29, 0.717) is 10.7 Å². The van der Waals surface area contributed by atoms with Gasteiger partial charge in [0.1, 0.15) is 16.5 Å². The van der Waals surface area contributed by atoms with Gasteiger partial charge in [-0.15, -0.1) is 0 Å². The zero-order valence-electron chi connectivity index (χ0n) is 12.2. The van der Waals surface area contributed by atoms with Crippen LogP contribution in [-0.4, -0.2) is 16.7 Å². The summed E-state index contributed by atoms with van der Waals surface area (Å²) < 4.78 is 12.9. The Morgan fingerprint density at radius 2 is 1.54 bits per heavy atom. The highest BCUT2D eigenvalue weighted by molar-refractivity contribution is 6.48. The fourth-order valence-electron chi connectivity index (χ4n) is 2.25. The van der Waals surface area contributed by atoms with E-state index in [-0.39, 0.29) is 17.3 Å². The van der Waals surface area contributed by atoms with Crippen molar-refractivity contribution >= 4 is 40.7 Å². The second-order valence-corrected chi connectivity index (χ2v) is 5.96. The minimum absolute atomic E-state index is 0.0257. The number of hydrogen-bond donors (Lipinski definition) is 1. The highest BCUT2D eigenvalue weighted by atomic mass is 35.5. The molecule has 0 bridgehead atoms. The number of nitrogens with zero attached hydrogens (tertiary/aromatic N) is 1. The second kappa shape index (κ2) is 6.63. The molecule has 24 heavy (non-hydrogen) atoms. The van der Waals surface area contributed by atoms with Crippen LogP contribution < -0.4 is 5.32 Å². The summed E-state index contributed by atoms with van der Waals surface area (Å²) in [5.41, 5.74) is 1.18. The van der Waals surface area contributed by atoms with Crippen LogP contribution in [0.1, 0.15) is 5.56 Å². The smallest absolute Gasteiger partial charge is 0.279 e. The van der Waals surface area contributed by atoms with Gasteiger partial charge in [-0.2, -0.15) is 0 Å². The molecule has 7 heteroatoms. The number of imide groups is 1. The average Bonchev–Trinajstić information content (AvgIpc) is 2.76. The third-order valence-electron chi connectivity index (χ3n) is 3.48. The van der Waals surface area contributed by atoms with Gasteiger partial charge in [-0.1, -0.05) is 35.3 Å². The van der Waals surface area contributed by atoms with E-state index in [1.54, 1.807) is 24.3 Å². The minimum Gasteiger partial charge on any atom is -0.350 e. The van der Waals surface area contributed by atoms with E-state index in [4.69, 9.17) is 23.2 Å². The van der Waals surface area contributed by atoms with E-state index in [0.717, 1.165) is 10.5 Å². The van der Waals surface area contributed by atoms with Crippen molar-refractivity contribution in [2.24, 2.45) is 0 Å². The average molecular weight is 365 g/mol. The fraction of sp³-hybridized carbons (Fsp3) is 0.0588. The highest BCUT2D eigenvalue weighted by Gasteiger charge is 2.37. The van der Waals surface area contributed by atoms with Crippen molar-refractivity contribution in [3.05, 3.63) is 75.7 Å². The summed E-state index contributed by atoms with van der Waals surface area (Å²) in [6.45, 7) is 0.0830. The lowest BCUT2D eigenvalue weighted by molar-refractivity contribution is -0.138. The van der Waals surface area contributed by atoms with Crippen molar-refractivity contribution in [3.8, 4) is 0 Å². The van der Waals surface area contributed by atoms with Gasteiger partial charge in [-0.05, 0) is 42.0 Å². The zero-order valence-corrected chi connectivity index (χ0v) is 13.7. The molecule has 3 rings (SSSR count). The number of halogens is 3. The molecule has 0 unspecified atom stereocenters. The summed E-state index contributed by atoms with van der Waals surface area (Å²) in [6, 6.07) is 12.2. The highest BCUT2D eigenvalue weighted by Crippen LogP contribution is 2.27. The van der Waals surface area contributed by atoms with Crippen molar-refractivity contribution in [1.82, 2.24) is 4.90 Å². The summed E-state index contributed by atoms with van der Waals surface area (Å²) in [5.74, 6) is -1.52. The van der Waals surface area contributed by atoms with E-state index >= 15 is 0 Å². The van der Waals surface area contributed by atoms with Crippen molar-refractivity contribution in [3.63, 3.8) is 0 Å². The van der Waals surface area contributed by atoms with Gasteiger partial charge in [0.05, 0.1) is 6.54 Å². The van der Waals surface area contributed by atoms with Crippen LogP contribution in [0.4, 0.5) is 10.1 Å². The summed E-state index contributed by atoms with van der Waals surface area (Å²) in [5, 5.41) is 3.14. The number of nitrogens with one attached hydrogen (secondary N) is 1. The summed E-state index contributed by atoms with van der Waals surface area (Å²) in [7, 11) is 0. The van der Waals surface area contributed by atoms with E-state index < -0.39 is 17.6 Å². The van der Waals surface area contributed by atoms with Crippen LogP contribution in [0, 0.1) is 5.82 Å². The quantitative estimate of drug-likeness (QED) is 0.836. The van der Waals surface area contributed by atoms with Crippen LogP contribution in [0.5, 0.6) is 0 Å². The van der Waals surface area contributed by atoms with Crippen molar-refractivity contribution in [2.75, 3.05) is 5.32 Å². The molecule has 0 radical (unpaired) electrons. The molecule has 0 saturated carbocycles. The molecule has 1 heterocycles. The Hall–Kier alpha value is -2.37. The first kappa shape index (κ1) is 16.5. The lowest BCUT2D eigenvalue weighted by Gasteiger charge is -2.15. The topological polar surface area (TPSA) is 49.4 Å². The normalized spacial score (nSPS) is 14.5. The zero-order chi connectivity index (χ0) is 17.3. The summed E-state index contributed by atoms with van der Waals surface area (Å²) in [6.07, 6.45) is 0.